The van der Waals surface area contributed by atoms with Crippen LogP contribution in [0.4, 0.5) is 5.82 Å². The van der Waals surface area contributed by atoms with Crippen LogP contribution in [0, 0.1) is 0 Å². The van der Waals surface area contributed by atoms with E-state index in [1.165, 1.54) is 0 Å². The maximum absolute atomic E-state index is 9.24. The van der Waals surface area contributed by atoms with Crippen molar-refractivity contribution in [3.05, 3.63) is 23.9 Å². The van der Waals surface area contributed by atoms with E-state index in [2.05, 4.69) is 30.7 Å². The largest absolute Gasteiger partial charge is 0.392 e. The highest BCUT2D eigenvalue weighted by Gasteiger charge is 2.23. The van der Waals surface area contributed by atoms with Gasteiger partial charge in [-0.05, 0) is 26.3 Å². The SMILES string of the molecule is CCC(C)(C)N(C)c1ncccc1CO. The fourth-order valence-corrected chi connectivity index (χ4v) is 1.38. The van der Waals surface area contributed by atoms with Crippen molar-refractivity contribution in [1.82, 2.24) is 4.98 Å². The minimum atomic E-state index is 0.0350. The number of anilines is 1. The average molecular weight is 208 g/mol. The molecule has 84 valence electrons. The summed E-state index contributed by atoms with van der Waals surface area (Å²) in [4.78, 5) is 6.45. The van der Waals surface area contributed by atoms with Gasteiger partial charge in [0.25, 0.3) is 0 Å². The zero-order valence-corrected chi connectivity index (χ0v) is 9.99. The number of aromatic nitrogens is 1. The van der Waals surface area contributed by atoms with Gasteiger partial charge < -0.3 is 10.0 Å². The number of pyridine rings is 1. The van der Waals surface area contributed by atoms with E-state index in [9.17, 15) is 5.11 Å². The van der Waals surface area contributed by atoms with E-state index in [1.807, 2.05) is 19.2 Å². The molecule has 1 rings (SSSR count). The first-order valence-corrected chi connectivity index (χ1v) is 5.31. The zero-order valence-electron chi connectivity index (χ0n) is 9.99. The Bertz CT molecular complexity index is 323. The Morgan fingerprint density at radius 3 is 2.67 bits per heavy atom. The molecule has 0 amide bonds. The zero-order chi connectivity index (χ0) is 11.5. The lowest BCUT2D eigenvalue weighted by molar-refractivity contribution is 0.281. The monoisotopic (exact) mass is 208 g/mol. The molecular formula is C12H20N2O. The van der Waals surface area contributed by atoms with Crippen LogP contribution < -0.4 is 4.90 Å². The lowest BCUT2D eigenvalue weighted by Gasteiger charge is -2.36. The molecule has 0 atom stereocenters. The third-order valence-electron chi connectivity index (χ3n) is 3.13. The summed E-state index contributed by atoms with van der Waals surface area (Å²) in [6.07, 6.45) is 2.79. The molecule has 1 heterocycles. The van der Waals surface area contributed by atoms with Crippen LogP contribution in [0.1, 0.15) is 32.8 Å². The molecule has 0 saturated carbocycles. The number of nitrogens with zero attached hydrogens (tertiary/aromatic N) is 2. The molecule has 1 N–H and O–H groups in total. The quantitative estimate of drug-likeness (QED) is 0.824. The fourth-order valence-electron chi connectivity index (χ4n) is 1.38. The molecule has 0 aromatic carbocycles. The van der Waals surface area contributed by atoms with Crippen molar-refractivity contribution >= 4 is 5.82 Å². The van der Waals surface area contributed by atoms with Crippen molar-refractivity contribution in [2.24, 2.45) is 0 Å². The highest BCUT2D eigenvalue weighted by Crippen LogP contribution is 2.25. The summed E-state index contributed by atoms with van der Waals surface area (Å²) in [5.41, 5.74) is 0.930. The van der Waals surface area contributed by atoms with E-state index < -0.39 is 0 Å². The fraction of sp³-hybridized carbons (Fsp3) is 0.583. The van der Waals surface area contributed by atoms with E-state index in [1.54, 1.807) is 6.20 Å². The van der Waals surface area contributed by atoms with E-state index in [-0.39, 0.29) is 12.1 Å². The van der Waals surface area contributed by atoms with Gasteiger partial charge in [0.2, 0.25) is 0 Å². The summed E-state index contributed by atoms with van der Waals surface area (Å²) < 4.78 is 0. The maximum atomic E-state index is 9.24. The lowest BCUT2D eigenvalue weighted by atomic mass is 9.99. The van der Waals surface area contributed by atoms with Gasteiger partial charge in [-0.3, -0.25) is 0 Å². The molecule has 3 nitrogen and oxygen atoms in total. The van der Waals surface area contributed by atoms with Crippen molar-refractivity contribution < 1.29 is 5.11 Å². The Hall–Kier alpha value is -1.09. The number of hydrogen-bond donors (Lipinski definition) is 1. The smallest absolute Gasteiger partial charge is 0.134 e. The molecule has 3 heteroatoms. The van der Waals surface area contributed by atoms with Gasteiger partial charge in [0.15, 0.2) is 0 Å². The molecule has 0 aliphatic carbocycles. The Morgan fingerprint density at radius 1 is 1.47 bits per heavy atom. The first-order chi connectivity index (χ1) is 7.03. The van der Waals surface area contributed by atoms with Gasteiger partial charge in [-0.15, -0.1) is 0 Å². The predicted molar refractivity (Wildman–Crippen MR) is 62.9 cm³/mol. The van der Waals surface area contributed by atoms with Gasteiger partial charge in [-0.25, -0.2) is 4.98 Å². The third kappa shape index (κ3) is 2.48. The number of aliphatic hydroxyl groups excluding tert-OH is 1. The second-order valence-corrected chi connectivity index (χ2v) is 4.37. The van der Waals surface area contributed by atoms with Crippen LogP contribution in [0.25, 0.3) is 0 Å². The molecule has 0 bridgehead atoms. The highest BCUT2D eigenvalue weighted by atomic mass is 16.3. The van der Waals surface area contributed by atoms with Gasteiger partial charge in [-0.2, -0.15) is 0 Å². The Labute approximate surface area is 91.8 Å². The van der Waals surface area contributed by atoms with Gasteiger partial charge in [0.05, 0.1) is 6.61 Å². The molecule has 0 aliphatic heterocycles. The predicted octanol–water partition coefficient (Wildman–Crippen LogP) is 2.20. The molecule has 15 heavy (non-hydrogen) atoms. The van der Waals surface area contributed by atoms with Crippen LogP contribution in [0.5, 0.6) is 0 Å². The summed E-state index contributed by atoms with van der Waals surface area (Å²) >= 11 is 0. The standard InChI is InChI=1S/C12H20N2O/c1-5-12(2,3)14(4)11-10(9-15)7-6-8-13-11/h6-8,15H,5,9H2,1-4H3. The first-order valence-electron chi connectivity index (χ1n) is 5.31. The number of rotatable bonds is 4. The molecule has 0 radical (unpaired) electrons. The Morgan fingerprint density at radius 2 is 2.13 bits per heavy atom. The second-order valence-electron chi connectivity index (χ2n) is 4.37. The van der Waals surface area contributed by atoms with E-state index in [0.29, 0.717) is 0 Å². The number of hydrogen-bond acceptors (Lipinski definition) is 3. The maximum Gasteiger partial charge on any atom is 0.134 e. The highest BCUT2D eigenvalue weighted by molar-refractivity contribution is 5.47. The van der Waals surface area contributed by atoms with Crippen molar-refractivity contribution in [1.29, 1.82) is 0 Å². The molecule has 1 aromatic heterocycles. The molecule has 0 fully saturated rings. The molecule has 0 unspecified atom stereocenters. The van der Waals surface area contributed by atoms with Crippen molar-refractivity contribution in [2.45, 2.75) is 39.3 Å². The van der Waals surface area contributed by atoms with Crippen LogP contribution in [0.3, 0.4) is 0 Å². The van der Waals surface area contributed by atoms with E-state index in [4.69, 9.17) is 0 Å². The van der Waals surface area contributed by atoms with Gasteiger partial charge in [-0.1, -0.05) is 13.0 Å². The van der Waals surface area contributed by atoms with Crippen LogP contribution in [-0.4, -0.2) is 22.7 Å². The van der Waals surface area contributed by atoms with E-state index >= 15 is 0 Å². The van der Waals surface area contributed by atoms with Crippen molar-refractivity contribution in [3.8, 4) is 0 Å². The van der Waals surface area contributed by atoms with Crippen molar-refractivity contribution in [3.63, 3.8) is 0 Å². The Balaban J connectivity index is 3.05. The molecule has 0 spiro atoms. The minimum Gasteiger partial charge on any atom is -0.392 e. The van der Waals surface area contributed by atoms with Crippen molar-refractivity contribution in [2.75, 3.05) is 11.9 Å². The summed E-state index contributed by atoms with van der Waals surface area (Å²) in [6.45, 7) is 6.52. The van der Waals surface area contributed by atoms with Gasteiger partial charge >= 0.3 is 0 Å². The molecule has 0 saturated heterocycles. The summed E-state index contributed by atoms with van der Waals surface area (Å²) in [6, 6.07) is 3.76. The van der Waals surface area contributed by atoms with Crippen LogP contribution in [0.2, 0.25) is 0 Å². The van der Waals surface area contributed by atoms with Gasteiger partial charge in [0, 0.05) is 24.3 Å². The Kier molecular flexibility index (Phi) is 3.69. The van der Waals surface area contributed by atoms with Crippen LogP contribution >= 0.6 is 0 Å². The van der Waals surface area contributed by atoms with Crippen LogP contribution in [-0.2, 0) is 6.61 Å². The topological polar surface area (TPSA) is 36.4 Å². The minimum absolute atomic E-state index is 0.0350. The molecule has 0 aliphatic rings. The molecular weight excluding hydrogens is 188 g/mol. The van der Waals surface area contributed by atoms with Gasteiger partial charge in [0.1, 0.15) is 5.82 Å². The second kappa shape index (κ2) is 4.62. The lowest BCUT2D eigenvalue weighted by Crippen LogP contribution is -2.41. The third-order valence-corrected chi connectivity index (χ3v) is 3.13. The summed E-state index contributed by atoms with van der Waals surface area (Å²) in [7, 11) is 2.02. The average Bonchev–Trinajstić information content (AvgIpc) is 2.28. The summed E-state index contributed by atoms with van der Waals surface area (Å²) in [5, 5.41) is 9.24. The number of aliphatic hydroxyl groups is 1. The summed E-state index contributed by atoms with van der Waals surface area (Å²) in [5.74, 6) is 0.867. The molecule has 1 aromatic rings. The van der Waals surface area contributed by atoms with E-state index in [0.717, 1.165) is 17.8 Å². The first kappa shape index (κ1) is 12.0. The van der Waals surface area contributed by atoms with Crippen LogP contribution in [0.15, 0.2) is 18.3 Å². The normalized spacial score (nSPS) is 11.5.